The largest absolute Gasteiger partial charge is 0.508 e. The molecule has 3 nitrogen and oxygen atoms in total. The van der Waals surface area contributed by atoms with Crippen molar-refractivity contribution < 1.29 is 14.2 Å². The van der Waals surface area contributed by atoms with Crippen LogP contribution in [0.15, 0.2) is 42.5 Å². The van der Waals surface area contributed by atoms with Gasteiger partial charge < -0.3 is 15.6 Å². The Morgan fingerprint density at radius 3 is 2.68 bits per heavy atom. The van der Waals surface area contributed by atoms with Gasteiger partial charge in [0.1, 0.15) is 17.3 Å². The van der Waals surface area contributed by atoms with Crippen LogP contribution in [0.1, 0.15) is 17.2 Å². The highest BCUT2D eigenvalue weighted by atomic mass is 19.1. The minimum atomic E-state index is -0.530. The number of methoxy groups -OCH3 is 1. The van der Waals surface area contributed by atoms with Gasteiger partial charge in [-0.25, -0.2) is 4.39 Å². The number of hydrogen-bond acceptors (Lipinski definition) is 3. The second kappa shape index (κ2) is 5.71. The number of phenolic OH excluding ortho intramolecular Hbond substituents is 1. The molecule has 2 aromatic rings. The number of rotatable bonds is 4. The lowest BCUT2D eigenvalue weighted by Gasteiger charge is -2.16. The van der Waals surface area contributed by atoms with Gasteiger partial charge in [-0.15, -0.1) is 0 Å². The lowest BCUT2D eigenvalue weighted by molar-refractivity contribution is 0.398. The molecule has 0 aliphatic heterocycles. The van der Waals surface area contributed by atoms with E-state index in [4.69, 9.17) is 10.5 Å². The number of hydrogen-bond donors (Lipinski definition) is 2. The number of ether oxygens (including phenoxy) is 1. The van der Waals surface area contributed by atoms with Crippen molar-refractivity contribution in [2.75, 3.05) is 7.11 Å². The molecule has 0 aliphatic rings. The molecule has 0 saturated heterocycles. The van der Waals surface area contributed by atoms with E-state index in [0.29, 0.717) is 17.7 Å². The van der Waals surface area contributed by atoms with Crippen LogP contribution in [0.3, 0.4) is 0 Å². The third-order valence-electron chi connectivity index (χ3n) is 2.97. The average Bonchev–Trinajstić information content (AvgIpc) is 2.38. The summed E-state index contributed by atoms with van der Waals surface area (Å²) >= 11 is 0. The topological polar surface area (TPSA) is 55.5 Å². The summed E-state index contributed by atoms with van der Waals surface area (Å²) in [5.74, 6) is 0.227. The Bertz CT molecular complexity index is 572. The molecular formula is C15H16FNO2. The average molecular weight is 261 g/mol. The van der Waals surface area contributed by atoms with Gasteiger partial charge in [-0.05, 0) is 36.2 Å². The molecule has 1 unspecified atom stereocenters. The molecule has 2 aromatic carbocycles. The second-order valence-electron chi connectivity index (χ2n) is 4.34. The first-order valence-corrected chi connectivity index (χ1v) is 5.97. The second-order valence-corrected chi connectivity index (χ2v) is 4.34. The summed E-state index contributed by atoms with van der Waals surface area (Å²) in [6, 6.07) is 10.9. The van der Waals surface area contributed by atoms with Crippen LogP contribution in [-0.4, -0.2) is 12.2 Å². The summed E-state index contributed by atoms with van der Waals surface area (Å²) in [6.45, 7) is 0. The number of aromatic hydroxyl groups is 1. The van der Waals surface area contributed by atoms with Crippen LogP contribution in [0.25, 0.3) is 0 Å². The highest BCUT2D eigenvalue weighted by Gasteiger charge is 2.17. The van der Waals surface area contributed by atoms with E-state index in [1.165, 1.54) is 13.2 Å². The minimum absolute atomic E-state index is 0.171. The quantitative estimate of drug-likeness (QED) is 0.889. The van der Waals surface area contributed by atoms with E-state index in [2.05, 4.69) is 0 Å². The zero-order chi connectivity index (χ0) is 13.8. The summed E-state index contributed by atoms with van der Waals surface area (Å²) in [5, 5.41) is 9.41. The molecule has 0 aromatic heterocycles. The normalized spacial score (nSPS) is 12.2. The van der Waals surface area contributed by atoms with Crippen LogP contribution in [0.5, 0.6) is 11.5 Å². The van der Waals surface area contributed by atoms with Gasteiger partial charge in [0.2, 0.25) is 0 Å². The minimum Gasteiger partial charge on any atom is -0.508 e. The molecular weight excluding hydrogens is 245 g/mol. The van der Waals surface area contributed by atoms with E-state index < -0.39 is 6.04 Å². The molecule has 0 bridgehead atoms. The molecule has 100 valence electrons. The number of phenols is 1. The van der Waals surface area contributed by atoms with Crippen molar-refractivity contribution in [1.29, 1.82) is 0 Å². The number of halogens is 1. The number of nitrogens with two attached hydrogens (primary N) is 1. The van der Waals surface area contributed by atoms with E-state index in [-0.39, 0.29) is 11.6 Å². The predicted octanol–water partition coefficient (Wildman–Crippen LogP) is 2.78. The molecule has 19 heavy (non-hydrogen) atoms. The Hall–Kier alpha value is -2.07. The summed E-state index contributed by atoms with van der Waals surface area (Å²) in [4.78, 5) is 0. The molecule has 0 aliphatic carbocycles. The van der Waals surface area contributed by atoms with E-state index in [0.717, 1.165) is 5.56 Å². The SMILES string of the molecule is COc1cccc(F)c1C(N)Cc1cccc(O)c1. The number of benzene rings is 2. The Morgan fingerprint density at radius 1 is 1.26 bits per heavy atom. The van der Waals surface area contributed by atoms with E-state index in [1.807, 2.05) is 6.07 Å². The van der Waals surface area contributed by atoms with Crippen LogP contribution in [0.4, 0.5) is 4.39 Å². The van der Waals surface area contributed by atoms with Gasteiger partial charge in [0.25, 0.3) is 0 Å². The van der Waals surface area contributed by atoms with Gasteiger partial charge in [-0.2, -0.15) is 0 Å². The van der Waals surface area contributed by atoms with Gasteiger partial charge in [0, 0.05) is 11.6 Å². The Kier molecular flexibility index (Phi) is 4.02. The van der Waals surface area contributed by atoms with Gasteiger partial charge in [0.15, 0.2) is 0 Å². The first-order valence-electron chi connectivity index (χ1n) is 5.97. The van der Waals surface area contributed by atoms with E-state index in [1.54, 1.807) is 30.3 Å². The molecule has 1 atom stereocenters. The molecule has 4 heteroatoms. The van der Waals surface area contributed by atoms with E-state index in [9.17, 15) is 9.50 Å². The zero-order valence-electron chi connectivity index (χ0n) is 10.6. The first-order chi connectivity index (χ1) is 9.11. The van der Waals surface area contributed by atoms with Crippen LogP contribution >= 0.6 is 0 Å². The highest BCUT2D eigenvalue weighted by Crippen LogP contribution is 2.29. The van der Waals surface area contributed by atoms with Crippen molar-refractivity contribution in [3.8, 4) is 11.5 Å². The van der Waals surface area contributed by atoms with Crippen molar-refractivity contribution >= 4 is 0 Å². The maximum atomic E-state index is 13.9. The fourth-order valence-corrected chi connectivity index (χ4v) is 2.09. The Morgan fingerprint density at radius 2 is 2.00 bits per heavy atom. The maximum Gasteiger partial charge on any atom is 0.131 e. The molecule has 0 spiro atoms. The van der Waals surface area contributed by atoms with Crippen LogP contribution in [0, 0.1) is 5.82 Å². The fourth-order valence-electron chi connectivity index (χ4n) is 2.09. The van der Waals surface area contributed by atoms with Crippen molar-refractivity contribution in [3.63, 3.8) is 0 Å². The molecule has 0 fully saturated rings. The molecule has 0 radical (unpaired) electrons. The third-order valence-corrected chi connectivity index (χ3v) is 2.97. The Balaban J connectivity index is 2.27. The van der Waals surface area contributed by atoms with Crippen LogP contribution < -0.4 is 10.5 Å². The Labute approximate surface area is 111 Å². The van der Waals surface area contributed by atoms with Crippen LogP contribution in [0.2, 0.25) is 0 Å². The third kappa shape index (κ3) is 3.03. The van der Waals surface area contributed by atoms with Crippen molar-refractivity contribution in [2.24, 2.45) is 5.73 Å². The lowest BCUT2D eigenvalue weighted by Crippen LogP contribution is -2.16. The smallest absolute Gasteiger partial charge is 0.131 e. The lowest BCUT2D eigenvalue weighted by atomic mass is 9.98. The maximum absolute atomic E-state index is 13.9. The van der Waals surface area contributed by atoms with E-state index >= 15 is 0 Å². The first kappa shape index (κ1) is 13.4. The molecule has 0 heterocycles. The predicted molar refractivity (Wildman–Crippen MR) is 71.7 cm³/mol. The monoisotopic (exact) mass is 261 g/mol. The van der Waals surface area contributed by atoms with Gasteiger partial charge in [0.05, 0.1) is 7.11 Å². The van der Waals surface area contributed by atoms with Crippen molar-refractivity contribution in [2.45, 2.75) is 12.5 Å². The summed E-state index contributed by atoms with van der Waals surface area (Å²) in [5.41, 5.74) is 7.25. The van der Waals surface area contributed by atoms with Gasteiger partial charge >= 0.3 is 0 Å². The standard InChI is InChI=1S/C15H16FNO2/c1-19-14-7-3-6-12(16)15(14)13(17)9-10-4-2-5-11(18)8-10/h2-8,13,18H,9,17H2,1H3. The fraction of sp³-hybridized carbons (Fsp3) is 0.200. The molecule has 2 rings (SSSR count). The summed E-state index contributed by atoms with van der Waals surface area (Å²) in [7, 11) is 1.49. The highest BCUT2D eigenvalue weighted by molar-refractivity contribution is 5.38. The summed E-state index contributed by atoms with van der Waals surface area (Å²) < 4.78 is 19.0. The molecule has 3 N–H and O–H groups in total. The molecule has 0 saturated carbocycles. The zero-order valence-corrected chi connectivity index (χ0v) is 10.6. The van der Waals surface area contributed by atoms with Crippen molar-refractivity contribution in [3.05, 3.63) is 59.4 Å². The van der Waals surface area contributed by atoms with Gasteiger partial charge in [-0.1, -0.05) is 18.2 Å². The van der Waals surface area contributed by atoms with Crippen molar-refractivity contribution in [1.82, 2.24) is 0 Å². The molecule has 0 amide bonds. The van der Waals surface area contributed by atoms with Gasteiger partial charge in [-0.3, -0.25) is 0 Å². The summed E-state index contributed by atoms with van der Waals surface area (Å²) in [6.07, 6.45) is 0.422. The van der Waals surface area contributed by atoms with Crippen LogP contribution in [-0.2, 0) is 6.42 Å².